The van der Waals surface area contributed by atoms with Crippen molar-refractivity contribution in [3.05, 3.63) is 33.8 Å². The molecule has 0 fully saturated rings. The van der Waals surface area contributed by atoms with Gasteiger partial charge >= 0.3 is 5.97 Å². The van der Waals surface area contributed by atoms with E-state index in [1.807, 2.05) is 12.1 Å². The molecule has 0 saturated carbocycles. The van der Waals surface area contributed by atoms with Crippen molar-refractivity contribution in [2.45, 2.75) is 45.6 Å². The van der Waals surface area contributed by atoms with Gasteiger partial charge in [-0.3, -0.25) is 4.79 Å². The second kappa shape index (κ2) is 10.0. The highest BCUT2D eigenvalue weighted by Crippen LogP contribution is 2.22. The van der Waals surface area contributed by atoms with Crippen molar-refractivity contribution in [3.63, 3.8) is 0 Å². The maximum atomic E-state index is 11.1. The number of aliphatic carboxylic acids is 1. The van der Waals surface area contributed by atoms with Gasteiger partial charge in [0.25, 0.3) is 0 Å². The van der Waals surface area contributed by atoms with E-state index in [0.29, 0.717) is 16.6 Å². The summed E-state index contributed by atoms with van der Waals surface area (Å²) in [6, 6.07) is 5.56. The summed E-state index contributed by atoms with van der Waals surface area (Å²) in [5, 5.41) is 13.6. The lowest BCUT2D eigenvalue weighted by Gasteiger charge is -2.12. The Morgan fingerprint density at radius 3 is 2.57 bits per heavy atom. The Kier molecular flexibility index (Phi) is 8.74. The van der Waals surface area contributed by atoms with E-state index in [2.05, 4.69) is 12.2 Å². The van der Waals surface area contributed by atoms with Crippen LogP contribution in [0.2, 0.25) is 10.0 Å². The Morgan fingerprint density at radius 2 is 1.95 bits per heavy atom. The van der Waals surface area contributed by atoms with Crippen molar-refractivity contribution in [2.75, 3.05) is 6.54 Å². The van der Waals surface area contributed by atoms with Crippen LogP contribution in [0.5, 0.6) is 0 Å². The predicted octanol–water partition coefficient (Wildman–Crippen LogP) is 4.75. The van der Waals surface area contributed by atoms with Crippen LogP contribution in [0.1, 0.15) is 44.6 Å². The van der Waals surface area contributed by atoms with Crippen LogP contribution in [-0.2, 0) is 11.3 Å². The molecule has 0 radical (unpaired) electrons. The molecule has 2 N–H and O–H groups in total. The first kappa shape index (κ1) is 18.3. The molecule has 1 rings (SSSR count). The van der Waals surface area contributed by atoms with Gasteiger partial charge in [-0.05, 0) is 43.5 Å². The topological polar surface area (TPSA) is 49.3 Å². The summed E-state index contributed by atoms with van der Waals surface area (Å²) in [6.45, 7) is 3.59. The predicted molar refractivity (Wildman–Crippen MR) is 88.1 cm³/mol. The molecule has 0 bridgehead atoms. The van der Waals surface area contributed by atoms with E-state index in [0.717, 1.165) is 44.2 Å². The fourth-order valence-electron chi connectivity index (χ4n) is 2.20. The van der Waals surface area contributed by atoms with Crippen LogP contribution in [0.3, 0.4) is 0 Å². The van der Waals surface area contributed by atoms with E-state index in [4.69, 9.17) is 28.3 Å². The zero-order valence-corrected chi connectivity index (χ0v) is 13.9. The molecule has 1 unspecified atom stereocenters. The Bertz CT molecular complexity index is 452. The van der Waals surface area contributed by atoms with E-state index in [1.54, 1.807) is 6.07 Å². The Balaban J connectivity index is 2.23. The van der Waals surface area contributed by atoms with Crippen LogP contribution < -0.4 is 5.32 Å². The van der Waals surface area contributed by atoms with Crippen molar-refractivity contribution in [1.82, 2.24) is 5.32 Å². The fraction of sp³-hybridized carbons (Fsp3) is 0.562. The zero-order valence-electron chi connectivity index (χ0n) is 12.4. The molecule has 1 aromatic rings. The molecule has 0 aliphatic carbocycles. The van der Waals surface area contributed by atoms with Crippen LogP contribution in [-0.4, -0.2) is 17.6 Å². The largest absolute Gasteiger partial charge is 0.481 e. The lowest BCUT2D eigenvalue weighted by Crippen LogP contribution is -2.19. The first-order valence-electron chi connectivity index (χ1n) is 7.42. The van der Waals surface area contributed by atoms with Crippen LogP contribution in [0.15, 0.2) is 18.2 Å². The van der Waals surface area contributed by atoms with E-state index in [1.165, 1.54) is 0 Å². The molecule has 1 atom stereocenters. The van der Waals surface area contributed by atoms with Gasteiger partial charge in [-0.25, -0.2) is 0 Å². The van der Waals surface area contributed by atoms with Crippen molar-refractivity contribution < 1.29 is 9.90 Å². The summed E-state index contributed by atoms with van der Waals surface area (Å²) in [7, 11) is 0. The Morgan fingerprint density at radius 1 is 1.24 bits per heavy atom. The molecule has 0 amide bonds. The summed E-state index contributed by atoms with van der Waals surface area (Å²) in [5.41, 5.74) is 1.07. The van der Waals surface area contributed by atoms with Crippen molar-refractivity contribution in [2.24, 2.45) is 5.92 Å². The van der Waals surface area contributed by atoms with Gasteiger partial charge in [0, 0.05) is 6.54 Å². The highest BCUT2D eigenvalue weighted by molar-refractivity contribution is 6.42. The van der Waals surface area contributed by atoms with Crippen LogP contribution in [0.4, 0.5) is 0 Å². The molecule has 0 spiro atoms. The summed E-state index contributed by atoms with van der Waals surface area (Å²) in [6.07, 6.45) is 4.39. The minimum atomic E-state index is -0.673. The van der Waals surface area contributed by atoms with Gasteiger partial charge < -0.3 is 10.4 Å². The maximum Gasteiger partial charge on any atom is 0.306 e. The molecule has 118 valence electrons. The van der Waals surface area contributed by atoms with Crippen molar-refractivity contribution in [3.8, 4) is 0 Å². The van der Waals surface area contributed by atoms with Crippen molar-refractivity contribution >= 4 is 29.2 Å². The number of benzene rings is 1. The molecular formula is C16H23Cl2NO2. The van der Waals surface area contributed by atoms with E-state index in [9.17, 15) is 4.79 Å². The normalized spacial score (nSPS) is 12.3. The number of unbranched alkanes of at least 4 members (excludes halogenated alkanes) is 1. The van der Waals surface area contributed by atoms with Crippen molar-refractivity contribution in [1.29, 1.82) is 0 Å². The average Bonchev–Trinajstić information content (AvgIpc) is 2.45. The third-order valence-corrected chi connectivity index (χ3v) is 4.21. The van der Waals surface area contributed by atoms with Crippen LogP contribution >= 0.6 is 23.2 Å². The summed E-state index contributed by atoms with van der Waals surface area (Å²) < 4.78 is 0. The summed E-state index contributed by atoms with van der Waals surface area (Å²) in [5.74, 6) is -0.885. The van der Waals surface area contributed by atoms with Gasteiger partial charge in [-0.1, -0.05) is 49.0 Å². The first-order valence-corrected chi connectivity index (χ1v) is 8.17. The van der Waals surface area contributed by atoms with Gasteiger partial charge in [0.05, 0.1) is 16.0 Å². The number of rotatable bonds is 10. The van der Waals surface area contributed by atoms with E-state index >= 15 is 0 Å². The van der Waals surface area contributed by atoms with Gasteiger partial charge in [-0.2, -0.15) is 0 Å². The molecule has 1 aromatic carbocycles. The summed E-state index contributed by atoms with van der Waals surface area (Å²) >= 11 is 11.8. The SMILES string of the molecule is CCCCC(CCCNCc1ccc(Cl)c(Cl)c1)C(=O)O. The fourth-order valence-corrected chi connectivity index (χ4v) is 2.52. The van der Waals surface area contributed by atoms with Gasteiger partial charge in [0.15, 0.2) is 0 Å². The van der Waals surface area contributed by atoms with Crippen LogP contribution in [0.25, 0.3) is 0 Å². The molecular weight excluding hydrogens is 309 g/mol. The standard InChI is InChI=1S/C16H23Cl2NO2/c1-2-3-5-13(16(20)21)6-4-9-19-11-12-7-8-14(17)15(18)10-12/h7-8,10,13,19H,2-6,9,11H2,1H3,(H,20,21). The van der Waals surface area contributed by atoms with E-state index < -0.39 is 5.97 Å². The van der Waals surface area contributed by atoms with Gasteiger partial charge in [0.2, 0.25) is 0 Å². The molecule has 0 aliphatic heterocycles. The zero-order chi connectivity index (χ0) is 15.7. The monoisotopic (exact) mass is 331 g/mol. The number of halogens is 2. The van der Waals surface area contributed by atoms with Gasteiger partial charge in [-0.15, -0.1) is 0 Å². The minimum absolute atomic E-state index is 0.211. The number of hydrogen-bond acceptors (Lipinski definition) is 2. The lowest BCUT2D eigenvalue weighted by molar-refractivity contribution is -0.142. The third kappa shape index (κ3) is 7.16. The lowest BCUT2D eigenvalue weighted by atomic mass is 9.97. The maximum absolute atomic E-state index is 11.1. The van der Waals surface area contributed by atoms with E-state index in [-0.39, 0.29) is 5.92 Å². The minimum Gasteiger partial charge on any atom is -0.481 e. The molecule has 3 nitrogen and oxygen atoms in total. The average molecular weight is 332 g/mol. The molecule has 5 heteroatoms. The number of carbonyl (C=O) groups is 1. The second-order valence-electron chi connectivity index (χ2n) is 5.24. The quantitative estimate of drug-likeness (QED) is 0.608. The summed E-state index contributed by atoms with van der Waals surface area (Å²) in [4.78, 5) is 11.1. The molecule has 0 aromatic heterocycles. The number of hydrogen-bond donors (Lipinski definition) is 2. The number of carboxylic acid groups (broad SMARTS) is 1. The molecule has 0 heterocycles. The Hall–Kier alpha value is -0.770. The number of nitrogens with one attached hydrogen (secondary N) is 1. The molecule has 21 heavy (non-hydrogen) atoms. The Labute approximate surface area is 136 Å². The number of carboxylic acids is 1. The van der Waals surface area contributed by atoms with Crippen LogP contribution in [0, 0.1) is 5.92 Å². The highest BCUT2D eigenvalue weighted by atomic mass is 35.5. The smallest absolute Gasteiger partial charge is 0.306 e. The second-order valence-corrected chi connectivity index (χ2v) is 6.06. The first-order chi connectivity index (χ1) is 10.0. The molecule has 0 aliphatic rings. The highest BCUT2D eigenvalue weighted by Gasteiger charge is 2.15. The third-order valence-electron chi connectivity index (χ3n) is 3.47. The van der Waals surface area contributed by atoms with Gasteiger partial charge in [0.1, 0.15) is 0 Å². The molecule has 0 saturated heterocycles.